The number of nitrogens with zero attached hydrogens (tertiary/aromatic N) is 2. The highest BCUT2D eigenvalue weighted by Gasteiger charge is 2.24. The number of hydrogen-bond acceptors (Lipinski definition) is 5. The van der Waals surface area contributed by atoms with E-state index in [0.29, 0.717) is 19.5 Å². The maximum Gasteiger partial charge on any atom is 0.244 e. The monoisotopic (exact) mass is 512 g/mol. The Morgan fingerprint density at radius 1 is 0.941 bits per heavy atom. The summed E-state index contributed by atoms with van der Waals surface area (Å²) < 4.78 is 0. The van der Waals surface area contributed by atoms with Crippen LogP contribution in [0.4, 0.5) is 0 Å². The van der Waals surface area contributed by atoms with Crippen LogP contribution in [0.5, 0.6) is 5.75 Å². The van der Waals surface area contributed by atoms with Crippen molar-refractivity contribution in [2.45, 2.75) is 38.3 Å². The van der Waals surface area contributed by atoms with Gasteiger partial charge in [-0.25, -0.2) is 0 Å². The number of rotatable bonds is 12. The Morgan fingerprint density at radius 2 is 1.56 bits per heavy atom. The molecule has 34 heavy (non-hydrogen) atoms. The van der Waals surface area contributed by atoms with Gasteiger partial charge in [0.15, 0.2) is 0 Å². The molecule has 0 heterocycles. The number of nitrogens with one attached hydrogen (secondary N) is 1. The second-order valence-corrected chi connectivity index (χ2v) is 8.43. The minimum Gasteiger partial charge on any atom is -0.508 e. The molecular formula is C25H38Cl2N4O3. The number of amides is 2. The number of aromatic hydroxyl groups is 1. The summed E-state index contributed by atoms with van der Waals surface area (Å²) in [7, 11) is 3.94. The highest BCUT2D eigenvalue weighted by atomic mass is 35.5. The van der Waals surface area contributed by atoms with Crippen LogP contribution >= 0.6 is 24.8 Å². The third-order valence-corrected chi connectivity index (χ3v) is 5.32. The second-order valence-electron chi connectivity index (χ2n) is 8.43. The molecule has 0 aliphatic carbocycles. The van der Waals surface area contributed by atoms with Crippen LogP contribution in [0.25, 0.3) is 0 Å². The first-order valence-corrected chi connectivity index (χ1v) is 11.1. The zero-order chi connectivity index (χ0) is 23.5. The van der Waals surface area contributed by atoms with Gasteiger partial charge in [0.05, 0.1) is 6.04 Å². The molecule has 2 atom stereocenters. The van der Waals surface area contributed by atoms with Crippen molar-refractivity contribution in [2.75, 3.05) is 33.7 Å². The number of aryl methyl sites for hydroxylation is 1. The van der Waals surface area contributed by atoms with Gasteiger partial charge in [-0.15, -0.1) is 24.8 Å². The van der Waals surface area contributed by atoms with E-state index in [0.717, 1.165) is 24.9 Å². The predicted octanol–water partition coefficient (Wildman–Crippen LogP) is 2.63. The van der Waals surface area contributed by atoms with E-state index in [-0.39, 0.29) is 42.4 Å². The number of halogens is 2. The Morgan fingerprint density at radius 3 is 2.15 bits per heavy atom. The largest absolute Gasteiger partial charge is 0.508 e. The Kier molecular flexibility index (Phi) is 15.2. The van der Waals surface area contributed by atoms with Crippen molar-refractivity contribution in [3.8, 4) is 5.75 Å². The normalized spacial score (nSPS) is 12.1. The number of likely N-dealkylation sites (N-methyl/N-ethyl adjacent to an activating group) is 1. The molecule has 0 aliphatic heterocycles. The lowest BCUT2D eigenvalue weighted by Crippen LogP contribution is -2.52. The molecule has 0 aromatic heterocycles. The van der Waals surface area contributed by atoms with Gasteiger partial charge in [0.1, 0.15) is 11.8 Å². The summed E-state index contributed by atoms with van der Waals surface area (Å²) in [5.74, 6) is -0.308. The lowest BCUT2D eigenvalue weighted by Gasteiger charge is -2.28. The van der Waals surface area contributed by atoms with Gasteiger partial charge in [-0.1, -0.05) is 42.5 Å². The van der Waals surface area contributed by atoms with Crippen molar-refractivity contribution in [3.05, 3.63) is 65.7 Å². The Bertz CT molecular complexity index is 851. The van der Waals surface area contributed by atoms with E-state index in [1.165, 1.54) is 5.56 Å². The molecule has 2 rings (SSSR count). The maximum absolute atomic E-state index is 13.1. The summed E-state index contributed by atoms with van der Waals surface area (Å²) in [5, 5.41) is 12.1. The molecule has 0 radical (unpaired) electrons. The minimum absolute atomic E-state index is 0. The van der Waals surface area contributed by atoms with Crippen molar-refractivity contribution in [1.82, 2.24) is 15.1 Å². The van der Waals surface area contributed by atoms with Gasteiger partial charge in [-0.2, -0.15) is 0 Å². The average molecular weight is 514 g/mol. The van der Waals surface area contributed by atoms with E-state index in [1.54, 1.807) is 31.2 Å². The molecule has 0 unspecified atom stereocenters. The lowest BCUT2D eigenvalue weighted by atomic mass is 10.1. The zero-order valence-electron chi connectivity index (χ0n) is 20.1. The molecule has 2 amide bonds. The molecule has 2 aromatic carbocycles. The molecule has 0 spiro atoms. The predicted molar refractivity (Wildman–Crippen MR) is 142 cm³/mol. The third-order valence-electron chi connectivity index (χ3n) is 5.32. The molecule has 2 aromatic rings. The van der Waals surface area contributed by atoms with Crippen molar-refractivity contribution >= 4 is 36.6 Å². The van der Waals surface area contributed by atoms with E-state index in [2.05, 4.69) is 17.4 Å². The van der Waals surface area contributed by atoms with Gasteiger partial charge in [-0.05, 0) is 63.5 Å². The van der Waals surface area contributed by atoms with Crippen LogP contribution in [-0.2, 0) is 22.4 Å². The number of carbonyl (C=O) groups excluding carboxylic acids is 2. The molecule has 190 valence electrons. The van der Waals surface area contributed by atoms with Gasteiger partial charge in [0.2, 0.25) is 11.8 Å². The van der Waals surface area contributed by atoms with Gasteiger partial charge >= 0.3 is 0 Å². The van der Waals surface area contributed by atoms with Crippen molar-refractivity contribution in [3.63, 3.8) is 0 Å². The van der Waals surface area contributed by atoms with Crippen molar-refractivity contribution in [2.24, 2.45) is 5.73 Å². The van der Waals surface area contributed by atoms with Gasteiger partial charge in [-0.3, -0.25) is 9.59 Å². The number of benzene rings is 2. The fourth-order valence-electron chi connectivity index (χ4n) is 3.41. The van der Waals surface area contributed by atoms with Gasteiger partial charge in [0.25, 0.3) is 0 Å². The molecule has 9 heteroatoms. The Labute approximate surface area is 215 Å². The first-order valence-electron chi connectivity index (χ1n) is 11.1. The van der Waals surface area contributed by atoms with Crippen LogP contribution in [0.2, 0.25) is 0 Å². The van der Waals surface area contributed by atoms with Crippen LogP contribution in [0, 0.1) is 0 Å². The third kappa shape index (κ3) is 11.2. The van der Waals surface area contributed by atoms with Crippen LogP contribution in [0.1, 0.15) is 24.5 Å². The van der Waals surface area contributed by atoms with Crippen molar-refractivity contribution < 1.29 is 14.7 Å². The van der Waals surface area contributed by atoms with E-state index < -0.39 is 12.1 Å². The summed E-state index contributed by atoms with van der Waals surface area (Å²) in [6, 6.07) is 15.3. The van der Waals surface area contributed by atoms with E-state index >= 15 is 0 Å². The fraction of sp³-hybridized carbons (Fsp3) is 0.440. The quantitative estimate of drug-likeness (QED) is 0.406. The molecule has 0 saturated heterocycles. The second kappa shape index (κ2) is 16.3. The maximum atomic E-state index is 13.1. The van der Waals surface area contributed by atoms with Crippen LogP contribution in [0.3, 0.4) is 0 Å². The van der Waals surface area contributed by atoms with Crippen LogP contribution in [-0.4, -0.2) is 72.5 Å². The average Bonchev–Trinajstić information content (AvgIpc) is 2.77. The summed E-state index contributed by atoms with van der Waals surface area (Å²) in [5.41, 5.74) is 8.14. The molecule has 0 saturated carbocycles. The number of hydrogen-bond donors (Lipinski definition) is 3. The summed E-state index contributed by atoms with van der Waals surface area (Å²) in [6.07, 6.45) is 2.07. The molecule has 4 N–H and O–H groups in total. The summed E-state index contributed by atoms with van der Waals surface area (Å²) in [4.78, 5) is 29.5. The first-order chi connectivity index (χ1) is 15.3. The van der Waals surface area contributed by atoms with E-state index in [9.17, 15) is 14.7 Å². The fourth-order valence-corrected chi connectivity index (χ4v) is 3.41. The van der Waals surface area contributed by atoms with E-state index in [4.69, 9.17) is 5.73 Å². The first kappa shape index (κ1) is 31.7. The Hall–Kier alpha value is -2.32. The minimum atomic E-state index is -0.775. The Balaban J connectivity index is 0.00000544. The highest BCUT2D eigenvalue weighted by molar-refractivity contribution is 5.89. The molecular weight excluding hydrogens is 475 g/mol. The van der Waals surface area contributed by atoms with E-state index in [1.807, 2.05) is 42.1 Å². The number of phenols is 1. The van der Waals surface area contributed by atoms with Gasteiger partial charge in [0, 0.05) is 19.6 Å². The molecule has 7 nitrogen and oxygen atoms in total. The number of nitrogens with two attached hydrogens (primary N) is 1. The smallest absolute Gasteiger partial charge is 0.244 e. The van der Waals surface area contributed by atoms with Gasteiger partial charge < -0.3 is 26.0 Å². The van der Waals surface area contributed by atoms with Crippen molar-refractivity contribution in [1.29, 1.82) is 0 Å². The standard InChI is InChI=1S/C25H36N4O3.2ClH/c1-19(27-24(31)23(26)18-21-11-13-22(30)14-12-21)25(32)29(17-16-28(2)3)15-7-10-20-8-5-4-6-9-20;;/h4-6,8-9,11-14,19,23,30H,7,10,15-18,26H2,1-3H3,(H,27,31);2*1H/t19-,23+;;/m1../s1. The lowest BCUT2D eigenvalue weighted by molar-refractivity contribution is -0.136. The molecule has 0 aliphatic rings. The topological polar surface area (TPSA) is 98.9 Å². The number of phenolic OH excluding ortho intramolecular Hbond substituents is 1. The summed E-state index contributed by atoms with van der Waals surface area (Å²) in [6.45, 7) is 3.67. The highest BCUT2D eigenvalue weighted by Crippen LogP contribution is 2.11. The van der Waals surface area contributed by atoms with Crippen LogP contribution < -0.4 is 11.1 Å². The zero-order valence-corrected chi connectivity index (χ0v) is 21.8. The molecule has 0 bridgehead atoms. The summed E-state index contributed by atoms with van der Waals surface area (Å²) >= 11 is 0. The number of carbonyl (C=O) groups is 2. The molecule has 0 fully saturated rings. The SMILES string of the molecule is C[C@@H](NC(=O)[C@@H](N)Cc1ccc(O)cc1)C(=O)N(CCCc1ccccc1)CCN(C)C.Cl.Cl. The van der Waals surface area contributed by atoms with Crippen LogP contribution in [0.15, 0.2) is 54.6 Å².